The standard InChI is InChI=1S/C13H28N2O.ClH/c1-10(2)11(14)7-8-15(6)12(16)9-13(3,4)5;/h10-11H,7-9,14H2,1-6H3;1H. The third-order valence-electron chi connectivity index (χ3n) is 2.76. The van der Waals surface area contributed by atoms with E-state index in [2.05, 4.69) is 34.6 Å². The molecular weight excluding hydrogens is 236 g/mol. The van der Waals surface area contributed by atoms with Gasteiger partial charge in [-0.2, -0.15) is 0 Å². The molecule has 0 aromatic heterocycles. The molecule has 1 amide bonds. The predicted octanol–water partition coefficient (Wildman–Crippen LogP) is 2.68. The Balaban J connectivity index is 0. The molecule has 0 heterocycles. The molecule has 0 bridgehead atoms. The van der Waals surface area contributed by atoms with E-state index in [0.717, 1.165) is 13.0 Å². The van der Waals surface area contributed by atoms with Crippen molar-refractivity contribution in [3.63, 3.8) is 0 Å². The number of hydrogen-bond donors (Lipinski definition) is 1. The molecule has 0 aromatic carbocycles. The van der Waals surface area contributed by atoms with Crippen LogP contribution in [-0.4, -0.2) is 30.4 Å². The molecule has 0 aliphatic rings. The van der Waals surface area contributed by atoms with Gasteiger partial charge in [0.05, 0.1) is 0 Å². The lowest BCUT2D eigenvalue weighted by molar-refractivity contribution is -0.131. The smallest absolute Gasteiger partial charge is 0.222 e. The van der Waals surface area contributed by atoms with Gasteiger partial charge in [-0.1, -0.05) is 34.6 Å². The molecule has 0 saturated heterocycles. The minimum Gasteiger partial charge on any atom is -0.346 e. The molecule has 0 aromatic rings. The first-order chi connectivity index (χ1) is 7.13. The van der Waals surface area contributed by atoms with E-state index in [9.17, 15) is 4.79 Å². The van der Waals surface area contributed by atoms with Gasteiger partial charge in [0.2, 0.25) is 5.91 Å². The lowest BCUT2D eigenvalue weighted by atomic mass is 9.91. The van der Waals surface area contributed by atoms with Crippen molar-refractivity contribution in [1.82, 2.24) is 4.90 Å². The molecule has 0 rings (SSSR count). The van der Waals surface area contributed by atoms with Crippen LogP contribution in [0.2, 0.25) is 0 Å². The van der Waals surface area contributed by atoms with Crippen molar-refractivity contribution in [2.45, 2.75) is 53.5 Å². The molecule has 0 spiro atoms. The van der Waals surface area contributed by atoms with Gasteiger partial charge in [0.25, 0.3) is 0 Å². The summed E-state index contributed by atoms with van der Waals surface area (Å²) in [6, 6.07) is 0.185. The van der Waals surface area contributed by atoms with Crippen LogP contribution in [0.3, 0.4) is 0 Å². The van der Waals surface area contributed by atoms with Crippen molar-refractivity contribution in [3.05, 3.63) is 0 Å². The Kier molecular flexibility index (Phi) is 8.90. The first kappa shape index (κ1) is 19.1. The van der Waals surface area contributed by atoms with Crippen molar-refractivity contribution in [1.29, 1.82) is 0 Å². The van der Waals surface area contributed by atoms with Crippen LogP contribution < -0.4 is 5.73 Å². The zero-order valence-electron chi connectivity index (χ0n) is 12.1. The van der Waals surface area contributed by atoms with Crippen LogP contribution in [0, 0.1) is 11.3 Å². The number of hydrogen-bond acceptors (Lipinski definition) is 2. The summed E-state index contributed by atoms with van der Waals surface area (Å²) in [5.41, 5.74) is 6.02. The lowest BCUT2D eigenvalue weighted by Crippen LogP contribution is -2.35. The molecule has 0 fully saturated rings. The minimum absolute atomic E-state index is 0. The maximum atomic E-state index is 11.8. The van der Waals surface area contributed by atoms with Crippen molar-refractivity contribution in [2.24, 2.45) is 17.1 Å². The largest absolute Gasteiger partial charge is 0.346 e. The molecule has 0 saturated carbocycles. The number of nitrogens with two attached hydrogens (primary N) is 1. The van der Waals surface area contributed by atoms with Crippen molar-refractivity contribution in [2.75, 3.05) is 13.6 Å². The topological polar surface area (TPSA) is 46.3 Å². The summed E-state index contributed by atoms with van der Waals surface area (Å²) in [6.07, 6.45) is 1.48. The third-order valence-corrected chi connectivity index (χ3v) is 2.76. The maximum absolute atomic E-state index is 11.8. The molecule has 104 valence electrons. The van der Waals surface area contributed by atoms with Crippen molar-refractivity contribution in [3.8, 4) is 0 Å². The number of amides is 1. The molecule has 0 aliphatic heterocycles. The minimum atomic E-state index is 0. The van der Waals surface area contributed by atoms with Gasteiger partial charge in [0.1, 0.15) is 0 Å². The summed E-state index contributed by atoms with van der Waals surface area (Å²) >= 11 is 0. The number of halogens is 1. The van der Waals surface area contributed by atoms with E-state index in [0.29, 0.717) is 12.3 Å². The second-order valence-electron chi connectivity index (χ2n) is 6.25. The summed E-state index contributed by atoms with van der Waals surface area (Å²) in [5.74, 6) is 0.689. The lowest BCUT2D eigenvalue weighted by Gasteiger charge is -2.25. The zero-order chi connectivity index (χ0) is 12.9. The highest BCUT2D eigenvalue weighted by Gasteiger charge is 2.19. The second kappa shape index (κ2) is 7.93. The summed E-state index contributed by atoms with van der Waals surface area (Å²) < 4.78 is 0. The average molecular weight is 265 g/mol. The number of rotatable bonds is 5. The Bertz CT molecular complexity index is 224. The Morgan fingerprint density at radius 1 is 1.29 bits per heavy atom. The second-order valence-corrected chi connectivity index (χ2v) is 6.25. The monoisotopic (exact) mass is 264 g/mol. The molecule has 17 heavy (non-hydrogen) atoms. The van der Waals surface area contributed by atoms with Gasteiger partial charge in [0.15, 0.2) is 0 Å². The molecule has 3 nitrogen and oxygen atoms in total. The molecule has 0 aliphatic carbocycles. The highest BCUT2D eigenvalue weighted by Crippen LogP contribution is 2.19. The SMILES string of the molecule is CC(C)C(N)CCN(C)C(=O)CC(C)(C)C.Cl. The molecule has 1 unspecified atom stereocenters. The van der Waals surface area contributed by atoms with Gasteiger partial charge < -0.3 is 10.6 Å². The Morgan fingerprint density at radius 3 is 2.12 bits per heavy atom. The Morgan fingerprint density at radius 2 is 1.76 bits per heavy atom. The van der Waals surface area contributed by atoms with E-state index in [4.69, 9.17) is 5.73 Å². The van der Waals surface area contributed by atoms with E-state index >= 15 is 0 Å². The van der Waals surface area contributed by atoms with Gasteiger partial charge in [-0.3, -0.25) is 4.79 Å². The predicted molar refractivity (Wildman–Crippen MR) is 76.4 cm³/mol. The van der Waals surface area contributed by atoms with Gasteiger partial charge in [0, 0.05) is 26.1 Å². The van der Waals surface area contributed by atoms with E-state index in [1.54, 1.807) is 4.90 Å². The first-order valence-corrected chi connectivity index (χ1v) is 6.13. The van der Waals surface area contributed by atoms with Crippen LogP contribution in [-0.2, 0) is 4.79 Å². The Hall–Kier alpha value is -0.280. The Labute approximate surface area is 113 Å². The molecule has 0 radical (unpaired) electrons. The molecule has 2 N–H and O–H groups in total. The molecule has 1 atom stereocenters. The van der Waals surface area contributed by atoms with Crippen LogP contribution in [0.25, 0.3) is 0 Å². The summed E-state index contributed by atoms with van der Waals surface area (Å²) in [5, 5.41) is 0. The van der Waals surface area contributed by atoms with Gasteiger partial charge in [-0.15, -0.1) is 12.4 Å². The van der Waals surface area contributed by atoms with Gasteiger partial charge >= 0.3 is 0 Å². The van der Waals surface area contributed by atoms with E-state index in [1.165, 1.54) is 0 Å². The summed E-state index contributed by atoms with van der Waals surface area (Å²) in [4.78, 5) is 13.6. The fourth-order valence-electron chi connectivity index (χ4n) is 1.39. The third kappa shape index (κ3) is 9.42. The van der Waals surface area contributed by atoms with Crippen LogP contribution in [0.15, 0.2) is 0 Å². The van der Waals surface area contributed by atoms with Crippen LogP contribution in [0.1, 0.15) is 47.5 Å². The normalized spacial score (nSPS) is 13.2. The van der Waals surface area contributed by atoms with Gasteiger partial charge in [-0.25, -0.2) is 0 Å². The fourth-order valence-corrected chi connectivity index (χ4v) is 1.39. The maximum Gasteiger partial charge on any atom is 0.222 e. The number of carbonyl (C=O) groups excluding carboxylic acids is 1. The quantitative estimate of drug-likeness (QED) is 0.830. The van der Waals surface area contributed by atoms with Crippen molar-refractivity contribution >= 4 is 18.3 Å². The van der Waals surface area contributed by atoms with E-state index in [-0.39, 0.29) is 29.8 Å². The summed E-state index contributed by atoms with van der Waals surface area (Å²) in [6.45, 7) is 11.2. The van der Waals surface area contributed by atoms with E-state index in [1.807, 2.05) is 7.05 Å². The highest BCUT2D eigenvalue weighted by molar-refractivity contribution is 5.85. The first-order valence-electron chi connectivity index (χ1n) is 6.13. The van der Waals surface area contributed by atoms with Crippen LogP contribution in [0.4, 0.5) is 0 Å². The molecule has 4 heteroatoms. The van der Waals surface area contributed by atoms with E-state index < -0.39 is 0 Å². The zero-order valence-corrected chi connectivity index (χ0v) is 12.9. The van der Waals surface area contributed by atoms with Crippen LogP contribution in [0.5, 0.6) is 0 Å². The van der Waals surface area contributed by atoms with Crippen LogP contribution >= 0.6 is 12.4 Å². The van der Waals surface area contributed by atoms with Crippen molar-refractivity contribution < 1.29 is 4.79 Å². The average Bonchev–Trinajstić information content (AvgIpc) is 2.10. The number of nitrogens with zero attached hydrogens (tertiary/aromatic N) is 1. The number of carbonyl (C=O) groups is 1. The summed E-state index contributed by atoms with van der Waals surface area (Å²) in [7, 11) is 1.86. The highest BCUT2D eigenvalue weighted by atomic mass is 35.5. The fraction of sp³-hybridized carbons (Fsp3) is 0.923. The molecular formula is C13H29ClN2O. The van der Waals surface area contributed by atoms with Gasteiger partial charge in [-0.05, 0) is 17.8 Å².